The number of hydrogen-bond donors (Lipinski definition) is 3. The van der Waals surface area contributed by atoms with Crippen molar-refractivity contribution in [3.63, 3.8) is 0 Å². The number of benzene rings is 1. The fourth-order valence-electron chi connectivity index (χ4n) is 1.19. The van der Waals surface area contributed by atoms with E-state index in [-0.39, 0.29) is 18.6 Å². The van der Waals surface area contributed by atoms with Gasteiger partial charge in [0, 0.05) is 18.2 Å². The molecule has 0 heterocycles. The Hall–Kier alpha value is -1.20. The van der Waals surface area contributed by atoms with Crippen LogP contribution in [0.2, 0.25) is 0 Å². The van der Waals surface area contributed by atoms with Gasteiger partial charge in [0.1, 0.15) is 5.82 Å². The minimum atomic E-state index is -0.921. The molecule has 0 bridgehead atoms. The fraction of sp³-hybridized carbons (Fsp3) is 0.333. The molecule has 1 rings (SSSR count). The van der Waals surface area contributed by atoms with Gasteiger partial charge in [-0.3, -0.25) is 0 Å². The first-order chi connectivity index (χ1) is 6.57. The summed E-state index contributed by atoms with van der Waals surface area (Å²) in [6, 6.07) is 0.803. The number of phenolic OH excluding ortho intramolecular Hbond substituents is 1. The highest BCUT2D eigenvalue weighted by atomic mass is 19.1. The molecule has 5 heteroatoms. The number of phenols is 1. The second-order valence-electron chi connectivity index (χ2n) is 2.91. The highest BCUT2D eigenvalue weighted by Gasteiger charge is 2.18. The highest BCUT2D eigenvalue weighted by Crippen LogP contribution is 2.29. The second-order valence-corrected chi connectivity index (χ2v) is 2.91. The Morgan fingerprint density at radius 3 is 2.43 bits per heavy atom. The van der Waals surface area contributed by atoms with Crippen molar-refractivity contribution in [1.82, 2.24) is 0 Å². The van der Waals surface area contributed by atoms with Crippen molar-refractivity contribution in [1.29, 1.82) is 0 Å². The lowest BCUT2D eigenvalue weighted by Crippen LogP contribution is -2.14. The van der Waals surface area contributed by atoms with E-state index in [0.717, 1.165) is 12.1 Å². The second kappa shape index (κ2) is 4.34. The van der Waals surface area contributed by atoms with Crippen molar-refractivity contribution >= 4 is 0 Å². The molecular formula is C9H11F2NO2. The van der Waals surface area contributed by atoms with Gasteiger partial charge >= 0.3 is 0 Å². The smallest absolute Gasteiger partial charge is 0.165 e. The maximum Gasteiger partial charge on any atom is 0.165 e. The first-order valence-electron chi connectivity index (χ1n) is 4.11. The maximum absolute atomic E-state index is 13.1. The van der Waals surface area contributed by atoms with E-state index in [1.807, 2.05) is 0 Å². The van der Waals surface area contributed by atoms with E-state index in [1.54, 1.807) is 0 Å². The Bertz CT molecular complexity index is 331. The normalized spacial score (nSPS) is 12.9. The fourth-order valence-corrected chi connectivity index (χ4v) is 1.19. The van der Waals surface area contributed by atoms with E-state index in [2.05, 4.69) is 0 Å². The molecule has 0 saturated heterocycles. The third-order valence-corrected chi connectivity index (χ3v) is 1.93. The molecule has 0 aliphatic heterocycles. The number of nitrogens with two attached hydrogens (primary N) is 1. The number of aliphatic hydroxyl groups is 1. The zero-order chi connectivity index (χ0) is 10.7. The average Bonchev–Trinajstić information content (AvgIpc) is 2.13. The molecule has 0 saturated carbocycles. The van der Waals surface area contributed by atoms with Crippen LogP contribution in [0.25, 0.3) is 0 Å². The van der Waals surface area contributed by atoms with Gasteiger partial charge in [0.05, 0.1) is 0 Å². The molecular weight excluding hydrogens is 192 g/mol. The van der Waals surface area contributed by atoms with E-state index in [1.165, 1.54) is 0 Å². The Morgan fingerprint density at radius 1 is 1.29 bits per heavy atom. The van der Waals surface area contributed by atoms with Crippen molar-refractivity contribution in [2.75, 3.05) is 6.61 Å². The van der Waals surface area contributed by atoms with Crippen LogP contribution in [0.1, 0.15) is 18.0 Å². The summed E-state index contributed by atoms with van der Waals surface area (Å²) in [4.78, 5) is 0. The van der Waals surface area contributed by atoms with Crippen molar-refractivity contribution in [2.24, 2.45) is 5.73 Å². The molecule has 0 aliphatic carbocycles. The van der Waals surface area contributed by atoms with Crippen LogP contribution in [0, 0.1) is 11.6 Å². The third-order valence-electron chi connectivity index (χ3n) is 1.93. The van der Waals surface area contributed by atoms with Crippen LogP contribution in [0.5, 0.6) is 5.75 Å². The van der Waals surface area contributed by atoms with Gasteiger partial charge in [-0.2, -0.15) is 0 Å². The lowest BCUT2D eigenvalue weighted by Gasteiger charge is -2.13. The minimum absolute atomic E-state index is 0.0634. The number of aliphatic hydroxyl groups excluding tert-OH is 1. The molecule has 0 aliphatic rings. The summed E-state index contributed by atoms with van der Waals surface area (Å²) < 4.78 is 25.9. The summed E-state index contributed by atoms with van der Waals surface area (Å²) in [6.07, 6.45) is 0.0634. The van der Waals surface area contributed by atoms with Crippen LogP contribution in [0.15, 0.2) is 12.1 Å². The SMILES string of the molecule is N[C@H](CCO)c1c(F)ccc(F)c1O. The lowest BCUT2D eigenvalue weighted by atomic mass is 10.0. The van der Waals surface area contributed by atoms with Gasteiger partial charge < -0.3 is 15.9 Å². The molecule has 1 aromatic carbocycles. The predicted octanol–water partition coefficient (Wildman–Crippen LogP) is 1.05. The summed E-state index contributed by atoms with van der Waals surface area (Å²) >= 11 is 0. The van der Waals surface area contributed by atoms with Crippen LogP contribution in [-0.4, -0.2) is 16.8 Å². The van der Waals surface area contributed by atoms with Crippen LogP contribution in [-0.2, 0) is 0 Å². The Balaban J connectivity index is 3.11. The molecule has 0 amide bonds. The number of rotatable bonds is 3. The predicted molar refractivity (Wildman–Crippen MR) is 46.7 cm³/mol. The molecule has 0 fully saturated rings. The van der Waals surface area contributed by atoms with Crippen molar-refractivity contribution < 1.29 is 19.0 Å². The van der Waals surface area contributed by atoms with Crippen LogP contribution in [0.4, 0.5) is 8.78 Å². The van der Waals surface area contributed by atoms with Gasteiger partial charge in [0.15, 0.2) is 11.6 Å². The van der Waals surface area contributed by atoms with Crippen LogP contribution >= 0.6 is 0 Å². The van der Waals surface area contributed by atoms with E-state index in [9.17, 15) is 13.9 Å². The zero-order valence-corrected chi connectivity index (χ0v) is 7.37. The molecule has 0 aromatic heterocycles. The Labute approximate surface area is 79.8 Å². The largest absolute Gasteiger partial charge is 0.505 e. The summed E-state index contributed by atoms with van der Waals surface area (Å²) in [5, 5.41) is 17.8. The maximum atomic E-state index is 13.1. The topological polar surface area (TPSA) is 66.5 Å². The molecule has 0 radical (unpaired) electrons. The molecule has 1 atom stereocenters. The summed E-state index contributed by atoms with van der Waals surface area (Å²) in [7, 11) is 0. The van der Waals surface area contributed by atoms with E-state index in [0.29, 0.717) is 0 Å². The monoisotopic (exact) mass is 203 g/mol. The quantitative estimate of drug-likeness (QED) is 0.688. The standard InChI is InChI=1S/C9H11F2NO2/c10-5-1-2-6(11)9(14)8(5)7(12)3-4-13/h1-2,7,13-14H,3-4,12H2/t7-/m1/s1. The van der Waals surface area contributed by atoms with E-state index < -0.39 is 23.4 Å². The molecule has 78 valence electrons. The van der Waals surface area contributed by atoms with Gasteiger partial charge in [-0.05, 0) is 18.6 Å². The van der Waals surface area contributed by atoms with Crippen LogP contribution < -0.4 is 5.73 Å². The van der Waals surface area contributed by atoms with Gasteiger partial charge in [-0.25, -0.2) is 8.78 Å². The van der Waals surface area contributed by atoms with Crippen molar-refractivity contribution in [3.05, 3.63) is 29.3 Å². The van der Waals surface area contributed by atoms with E-state index in [4.69, 9.17) is 10.8 Å². The van der Waals surface area contributed by atoms with Gasteiger partial charge in [-0.1, -0.05) is 0 Å². The molecule has 0 spiro atoms. The van der Waals surface area contributed by atoms with E-state index >= 15 is 0 Å². The Kier molecular flexibility index (Phi) is 3.38. The molecule has 1 aromatic rings. The van der Waals surface area contributed by atoms with Gasteiger partial charge in [-0.15, -0.1) is 0 Å². The first-order valence-corrected chi connectivity index (χ1v) is 4.11. The zero-order valence-electron chi connectivity index (χ0n) is 7.37. The lowest BCUT2D eigenvalue weighted by molar-refractivity contribution is 0.273. The molecule has 4 N–H and O–H groups in total. The van der Waals surface area contributed by atoms with Crippen molar-refractivity contribution in [2.45, 2.75) is 12.5 Å². The third kappa shape index (κ3) is 2.00. The van der Waals surface area contributed by atoms with Crippen molar-refractivity contribution in [3.8, 4) is 5.75 Å². The van der Waals surface area contributed by atoms with Gasteiger partial charge in [0.2, 0.25) is 0 Å². The minimum Gasteiger partial charge on any atom is -0.505 e. The number of halogens is 2. The number of aromatic hydroxyl groups is 1. The molecule has 0 unspecified atom stereocenters. The summed E-state index contributed by atoms with van der Waals surface area (Å²) in [6.45, 7) is -0.253. The van der Waals surface area contributed by atoms with Crippen LogP contribution in [0.3, 0.4) is 0 Å². The summed E-state index contributed by atoms with van der Waals surface area (Å²) in [5.41, 5.74) is 5.16. The summed E-state index contributed by atoms with van der Waals surface area (Å²) in [5.74, 6) is -2.48. The average molecular weight is 203 g/mol. The highest BCUT2D eigenvalue weighted by molar-refractivity contribution is 5.37. The van der Waals surface area contributed by atoms with Gasteiger partial charge in [0.25, 0.3) is 0 Å². The molecule has 3 nitrogen and oxygen atoms in total. The first kappa shape index (κ1) is 10.9. The Morgan fingerprint density at radius 2 is 1.86 bits per heavy atom. The number of hydrogen-bond acceptors (Lipinski definition) is 3. The molecule has 14 heavy (non-hydrogen) atoms.